The van der Waals surface area contributed by atoms with E-state index in [9.17, 15) is 23.7 Å². The fourth-order valence-corrected chi connectivity index (χ4v) is 3.82. The van der Waals surface area contributed by atoms with Crippen molar-refractivity contribution in [3.05, 3.63) is 57.1 Å². The number of amides is 1. The summed E-state index contributed by atoms with van der Waals surface area (Å²) in [4.78, 5) is 25.5. The van der Waals surface area contributed by atoms with Crippen molar-refractivity contribution in [2.24, 2.45) is 0 Å². The lowest BCUT2D eigenvalue weighted by Gasteiger charge is -2.30. The van der Waals surface area contributed by atoms with Gasteiger partial charge in [-0.1, -0.05) is 29.4 Å². The van der Waals surface area contributed by atoms with Gasteiger partial charge < -0.3 is 15.0 Å². The Morgan fingerprint density at radius 2 is 2.00 bits per heavy atom. The number of halogens is 3. The summed E-state index contributed by atoms with van der Waals surface area (Å²) in [6, 6.07) is 8.40. The van der Waals surface area contributed by atoms with Crippen LogP contribution < -0.4 is 10.2 Å². The van der Waals surface area contributed by atoms with Gasteiger partial charge in [0.2, 0.25) is 0 Å². The Kier molecular flexibility index (Phi) is 6.88. The summed E-state index contributed by atoms with van der Waals surface area (Å²) in [6.07, 6.45) is 0. The number of morpholine rings is 1. The van der Waals surface area contributed by atoms with E-state index in [-0.39, 0.29) is 38.6 Å². The summed E-state index contributed by atoms with van der Waals surface area (Å²) in [5.41, 5.74) is 0.420. The van der Waals surface area contributed by atoms with Gasteiger partial charge in [-0.3, -0.25) is 14.9 Å². The highest BCUT2D eigenvalue weighted by atomic mass is 35.5. The van der Waals surface area contributed by atoms with E-state index in [0.717, 1.165) is 0 Å². The molecule has 0 saturated carbocycles. The van der Waals surface area contributed by atoms with Crippen molar-refractivity contribution in [3.63, 3.8) is 0 Å². The number of nitro groups is 1. The summed E-state index contributed by atoms with van der Waals surface area (Å²) in [6.45, 7) is 1.95. The molecule has 1 amide bonds. The van der Waals surface area contributed by atoms with Gasteiger partial charge in [0, 0.05) is 25.2 Å². The number of thioether (sulfide) groups is 1. The normalized spacial score (nSPS) is 14.1. The van der Waals surface area contributed by atoms with Gasteiger partial charge in [-0.2, -0.15) is 8.78 Å². The Hall–Kier alpha value is -2.43. The minimum Gasteiger partial charge on any atom is -0.378 e. The van der Waals surface area contributed by atoms with Gasteiger partial charge in [0.05, 0.1) is 45.0 Å². The van der Waals surface area contributed by atoms with Crippen LogP contribution in [0.2, 0.25) is 5.02 Å². The van der Waals surface area contributed by atoms with E-state index in [4.69, 9.17) is 16.3 Å². The molecular weight excluding hydrogens is 428 g/mol. The number of anilines is 2. The molecule has 1 N–H and O–H groups in total. The van der Waals surface area contributed by atoms with E-state index in [0.29, 0.717) is 32.0 Å². The number of nitrogens with zero attached hydrogens (tertiary/aromatic N) is 2. The average Bonchev–Trinajstić information content (AvgIpc) is 2.70. The lowest BCUT2D eigenvalue weighted by molar-refractivity contribution is -0.384. The van der Waals surface area contributed by atoms with Crippen molar-refractivity contribution in [2.45, 2.75) is 10.7 Å². The zero-order chi connectivity index (χ0) is 21.0. The molecule has 2 aromatic rings. The number of hydrogen-bond donors (Lipinski definition) is 1. The number of non-ortho nitro benzene ring substituents is 1. The molecule has 0 spiro atoms. The molecule has 0 bridgehead atoms. The van der Waals surface area contributed by atoms with Crippen LogP contribution in [0.5, 0.6) is 0 Å². The van der Waals surface area contributed by atoms with Crippen LogP contribution in [-0.4, -0.2) is 42.9 Å². The Morgan fingerprint density at radius 1 is 1.28 bits per heavy atom. The molecule has 1 aliphatic heterocycles. The van der Waals surface area contributed by atoms with Gasteiger partial charge in [0.15, 0.2) is 0 Å². The summed E-state index contributed by atoms with van der Waals surface area (Å²) in [7, 11) is 0. The SMILES string of the molecule is O=C(Nc1cccc(Cl)c1SC(F)F)c1cc([N+](=O)[O-])ccc1N1CCOCC1. The van der Waals surface area contributed by atoms with E-state index >= 15 is 0 Å². The highest BCUT2D eigenvalue weighted by Gasteiger charge is 2.23. The third kappa shape index (κ3) is 5.14. The average molecular weight is 444 g/mol. The van der Waals surface area contributed by atoms with E-state index < -0.39 is 16.6 Å². The van der Waals surface area contributed by atoms with Crippen molar-refractivity contribution in [3.8, 4) is 0 Å². The molecule has 0 atom stereocenters. The smallest absolute Gasteiger partial charge is 0.289 e. The molecule has 0 aromatic heterocycles. The molecule has 1 fully saturated rings. The first-order valence-electron chi connectivity index (χ1n) is 8.52. The summed E-state index contributed by atoms with van der Waals surface area (Å²) >= 11 is 6.22. The van der Waals surface area contributed by atoms with E-state index in [2.05, 4.69) is 5.32 Å². The molecule has 1 aliphatic rings. The fraction of sp³-hybridized carbons (Fsp3) is 0.278. The van der Waals surface area contributed by atoms with Crippen LogP contribution >= 0.6 is 23.4 Å². The van der Waals surface area contributed by atoms with Crippen LogP contribution in [0.1, 0.15) is 10.4 Å². The van der Waals surface area contributed by atoms with Crippen molar-refractivity contribution < 1.29 is 23.2 Å². The zero-order valence-corrected chi connectivity index (χ0v) is 16.5. The predicted octanol–water partition coefficient (Wildman–Crippen LogP) is 4.65. The molecular formula is C18H16ClF2N3O4S. The van der Waals surface area contributed by atoms with Crippen LogP contribution in [0.15, 0.2) is 41.3 Å². The number of nitrogens with one attached hydrogen (secondary N) is 1. The standard InChI is InChI=1S/C18H16ClF2N3O4S/c19-13-2-1-3-14(16(13)29-18(20)21)22-17(25)12-10-11(24(26)27)4-5-15(12)23-6-8-28-9-7-23/h1-5,10,18H,6-9H2,(H,22,25). The first-order valence-corrected chi connectivity index (χ1v) is 9.78. The maximum atomic E-state index is 13.0. The van der Waals surface area contributed by atoms with Crippen molar-refractivity contribution in [1.82, 2.24) is 0 Å². The first kappa shape index (κ1) is 21.3. The Labute approximate surface area is 174 Å². The molecule has 0 radical (unpaired) electrons. The number of alkyl halides is 2. The number of hydrogen-bond acceptors (Lipinski definition) is 6. The highest BCUT2D eigenvalue weighted by molar-refractivity contribution is 7.99. The molecule has 154 valence electrons. The van der Waals surface area contributed by atoms with Gasteiger partial charge in [0.1, 0.15) is 0 Å². The number of carbonyl (C=O) groups excluding carboxylic acids is 1. The molecule has 1 heterocycles. The maximum absolute atomic E-state index is 13.0. The predicted molar refractivity (Wildman–Crippen MR) is 107 cm³/mol. The minimum atomic E-state index is -2.73. The van der Waals surface area contributed by atoms with Crippen molar-refractivity contribution >= 4 is 46.3 Å². The molecule has 7 nitrogen and oxygen atoms in total. The monoisotopic (exact) mass is 443 g/mol. The molecule has 1 saturated heterocycles. The van der Waals surface area contributed by atoms with E-state index in [1.807, 2.05) is 4.90 Å². The Bertz CT molecular complexity index is 926. The number of carbonyl (C=O) groups is 1. The molecule has 11 heteroatoms. The largest absolute Gasteiger partial charge is 0.378 e. The number of nitro benzene ring substituents is 1. The lowest BCUT2D eigenvalue weighted by atomic mass is 10.1. The quantitative estimate of drug-likeness (QED) is 0.397. The minimum absolute atomic E-state index is 0.0240. The van der Waals surface area contributed by atoms with Crippen LogP contribution in [0.25, 0.3) is 0 Å². The highest BCUT2D eigenvalue weighted by Crippen LogP contribution is 2.38. The van der Waals surface area contributed by atoms with Gasteiger partial charge in [0.25, 0.3) is 17.4 Å². The molecule has 0 aliphatic carbocycles. The summed E-state index contributed by atoms with van der Waals surface area (Å²) < 4.78 is 31.1. The van der Waals surface area contributed by atoms with E-state index in [1.165, 1.54) is 36.4 Å². The van der Waals surface area contributed by atoms with Crippen LogP contribution in [-0.2, 0) is 4.74 Å². The summed E-state index contributed by atoms with van der Waals surface area (Å²) in [5.74, 6) is -3.39. The number of ether oxygens (including phenoxy) is 1. The first-order chi connectivity index (χ1) is 13.9. The molecule has 2 aromatic carbocycles. The van der Waals surface area contributed by atoms with Gasteiger partial charge in [-0.05, 0) is 18.2 Å². The Morgan fingerprint density at radius 3 is 2.66 bits per heavy atom. The van der Waals surface area contributed by atoms with Crippen molar-refractivity contribution in [1.29, 1.82) is 0 Å². The molecule has 29 heavy (non-hydrogen) atoms. The second kappa shape index (κ2) is 9.38. The van der Waals surface area contributed by atoms with Gasteiger partial charge in [-0.25, -0.2) is 0 Å². The Balaban J connectivity index is 1.97. The number of benzene rings is 2. The lowest BCUT2D eigenvalue weighted by Crippen LogP contribution is -2.37. The second-order valence-electron chi connectivity index (χ2n) is 6.01. The second-order valence-corrected chi connectivity index (χ2v) is 7.41. The number of rotatable bonds is 6. The zero-order valence-electron chi connectivity index (χ0n) is 14.9. The molecule has 0 unspecified atom stereocenters. The van der Waals surface area contributed by atoms with E-state index in [1.54, 1.807) is 0 Å². The van der Waals surface area contributed by atoms with Crippen LogP contribution in [0.3, 0.4) is 0 Å². The van der Waals surface area contributed by atoms with Crippen LogP contribution in [0, 0.1) is 10.1 Å². The molecule has 3 rings (SSSR count). The fourth-order valence-electron chi connectivity index (χ4n) is 2.91. The third-order valence-corrected chi connectivity index (χ3v) is 5.49. The van der Waals surface area contributed by atoms with Crippen LogP contribution in [0.4, 0.5) is 25.8 Å². The van der Waals surface area contributed by atoms with Gasteiger partial charge in [-0.15, -0.1) is 0 Å². The maximum Gasteiger partial charge on any atom is 0.289 e. The van der Waals surface area contributed by atoms with Crippen molar-refractivity contribution in [2.75, 3.05) is 36.5 Å². The summed E-state index contributed by atoms with van der Waals surface area (Å²) in [5, 5.41) is 13.8. The third-order valence-electron chi connectivity index (χ3n) is 4.21. The topological polar surface area (TPSA) is 84.7 Å². The van der Waals surface area contributed by atoms with Gasteiger partial charge >= 0.3 is 0 Å².